The Morgan fingerprint density at radius 1 is 0.271 bits per heavy atom. The number of hydrogen-bond acceptors (Lipinski definition) is 4. The molecule has 2 aromatic heterocycles. The van der Waals surface area contributed by atoms with E-state index in [2.05, 4.69) is 170 Å². The number of nitrogens with zero attached hydrogens (tertiary/aromatic N) is 3. The van der Waals surface area contributed by atoms with Crippen LogP contribution in [-0.4, -0.2) is 15.0 Å². The third-order valence-electron chi connectivity index (χ3n) is 11.1. The third-order valence-corrected chi connectivity index (χ3v) is 11.1. The van der Waals surface area contributed by atoms with Crippen LogP contribution in [0.2, 0.25) is 0 Å². The lowest BCUT2D eigenvalue weighted by molar-refractivity contribution is 0.669. The molecule has 4 nitrogen and oxygen atoms in total. The van der Waals surface area contributed by atoms with Crippen LogP contribution in [0, 0.1) is 0 Å². The molecule has 2 heterocycles. The van der Waals surface area contributed by atoms with Crippen molar-refractivity contribution < 1.29 is 4.42 Å². The van der Waals surface area contributed by atoms with E-state index in [1.807, 2.05) is 42.5 Å². The molecule has 0 saturated heterocycles. The van der Waals surface area contributed by atoms with E-state index in [-0.39, 0.29) is 0 Å². The van der Waals surface area contributed by atoms with Gasteiger partial charge in [0, 0.05) is 27.5 Å². The van der Waals surface area contributed by atoms with Crippen LogP contribution in [0.3, 0.4) is 0 Å². The fraction of sp³-hybridized carbons (Fsp3) is 0. The zero-order chi connectivity index (χ0) is 39.1. The second kappa shape index (κ2) is 14.5. The van der Waals surface area contributed by atoms with Gasteiger partial charge >= 0.3 is 0 Å². The van der Waals surface area contributed by atoms with Gasteiger partial charge in [-0.3, -0.25) is 0 Å². The fourth-order valence-electron chi connectivity index (χ4n) is 8.20. The maximum absolute atomic E-state index is 6.58. The van der Waals surface area contributed by atoms with Crippen molar-refractivity contribution in [1.82, 2.24) is 15.0 Å². The Kier molecular flexibility index (Phi) is 8.45. The van der Waals surface area contributed by atoms with Gasteiger partial charge in [0.25, 0.3) is 0 Å². The van der Waals surface area contributed by atoms with Gasteiger partial charge in [-0.2, -0.15) is 0 Å². The minimum absolute atomic E-state index is 0.585. The summed E-state index contributed by atoms with van der Waals surface area (Å²) in [6, 6.07) is 74.1. The molecule has 0 aliphatic carbocycles. The van der Waals surface area contributed by atoms with Gasteiger partial charge in [0.1, 0.15) is 11.2 Å². The first-order chi connectivity index (χ1) is 29.2. The Hall–Kier alpha value is -7.95. The largest absolute Gasteiger partial charge is 0.456 e. The predicted molar refractivity (Wildman–Crippen MR) is 243 cm³/mol. The van der Waals surface area contributed by atoms with E-state index in [4.69, 9.17) is 19.4 Å². The molecule has 0 bridgehead atoms. The van der Waals surface area contributed by atoms with Crippen LogP contribution in [0.25, 0.3) is 111 Å². The van der Waals surface area contributed by atoms with Crippen molar-refractivity contribution in [3.63, 3.8) is 0 Å². The molecule has 4 heteroatoms. The number of aromatic nitrogens is 3. The smallest absolute Gasteiger partial charge is 0.164 e. The monoisotopic (exact) mass is 753 g/mol. The van der Waals surface area contributed by atoms with Crippen molar-refractivity contribution >= 4 is 32.7 Å². The van der Waals surface area contributed by atoms with Crippen molar-refractivity contribution in [3.8, 4) is 78.7 Å². The van der Waals surface area contributed by atoms with Crippen LogP contribution in [-0.2, 0) is 0 Å². The molecule has 0 aliphatic heterocycles. The molecule has 0 N–H and O–H groups in total. The molecule has 0 saturated carbocycles. The number of furan rings is 1. The van der Waals surface area contributed by atoms with Gasteiger partial charge < -0.3 is 4.42 Å². The highest BCUT2D eigenvalue weighted by Gasteiger charge is 2.17. The van der Waals surface area contributed by atoms with E-state index >= 15 is 0 Å². The van der Waals surface area contributed by atoms with E-state index in [0.717, 1.165) is 55.1 Å². The Balaban J connectivity index is 0.972. The maximum Gasteiger partial charge on any atom is 0.164 e. The quantitative estimate of drug-likeness (QED) is 0.163. The van der Waals surface area contributed by atoms with E-state index in [1.165, 1.54) is 38.8 Å². The summed E-state index contributed by atoms with van der Waals surface area (Å²) in [5, 5.41) is 4.43. The highest BCUT2D eigenvalue weighted by Crippen LogP contribution is 2.39. The molecular weight excluding hydrogens is 719 g/mol. The van der Waals surface area contributed by atoms with Crippen LogP contribution < -0.4 is 0 Å². The molecule has 0 unspecified atom stereocenters. The zero-order valence-electron chi connectivity index (χ0n) is 32.0. The number of fused-ring (bicyclic) bond motifs is 4. The summed E-state index contributed by atoms with van der Waals surface area (Å²) in [5.41, 5.74) is 13.7. The van der Waals surface area contributed by atoms with Gasteiger partial charge in [-0.15, -0.1) is 0 Å². The van der Waals surface area contributed by atoms with Crippen LogP contribution in [0.4, 0.5) is 0 Å². The molecule has 0 radical (unpaired) electrons. The molecular formula is C55H35N3O. The van der Waals surface area contributed by atoms with Gasteiger partial charge in [0.05, 0.1) is 0 Å². The lowest BCUT2D eigenvalue weighted by atomic mass is 9.95. The summed E-state index contributed by atoms with van der Waals surface area (Å²) in [7, 11) is 0. The summed E-state index contributed by atoms with van der Waals surface area (Å²) in [6.07, 6.45) is 0. The summed E-state index contributed by atoms with van der Waals surface area (Å²) in [5.74, 6) is 1.82. The second-order valence-corrected chi connectivity index (χ2v) is 14.8. The summed E-state index contributed by atoms with van der Waals surface area (Å²) < 4.78 is 6.58. The van der Waals surface area contributed by atoms with Crippen LogP contribution in [0.5, 0.6) is 0 Å². The lowest BCUT2D eigenvalue weighted by Crippen LogP contribution is -2.00. The lowest BCUT2D eigenvalue weighted by Gasteiger charge is -2.11. The first-order valence-electron chi connectivity index (χ1n) is 19.8. The van der Waals surface area contributed by atoms with E-state index in [0.29, 0.717) is 17.5 Å². The Bertz CT molecular complexity index is 3300. The number of hydrogen-bond donors (Lipinski definition) is 0. The number of rotatable bonds is 7. The van der Waals surface area contributed by atoms with Crippen LogP contribution >= 0.6 is 0 Å². The molecule has 0 fully saturated rings. The maximum atomic E-state index is 6.58. The minimum atomic E-state index is 0.585. The molecule has 11 aromatic rings. The Morgan fingerprint density at radius 3 is 1.44 bits per heavy atom. The third kappa shape index (κ3) is 6.43. The Labute approximate surface area is 341 Å². The fourth-order valence-corrected chi connectivity index (χ4v) is 8.20. The van der Waals surface area contributed by atoms with Gasteiger partial charge in [0.2, 0.25) is 0 Å². The van der Waals surface area contributed by atoms with Crippen molar-refractivity contribution in [2.45, 2.75) is 0 Å². The van der Waals surface area contributed by atoms with E-state index in [9.17, 15) is 0 Å². The van der Waals surface area contributed by atoms with Crippen molar-refractivity contribution in [2.24, 2.45) is 0 Å². The van der Waals surface area contributed by atoms with E-state index < -0.39 is 0 Å². The average Bonchev–Trinajstić information content (AvgIpc) is 3.70. The van der Waals surface area contributed by atoms with E-state index in [1.54, 1.807) is 0 Å². The minimum Gasteiger partial charge on any atom is -0.456 e. The molecule has 9 aromatic carbocycles. The van der Waals surface area contributed by atoms with Crippen LogP contribution in [0.1, 0.15) is 0 Å². The summed E-state index contributed by atoms with van der Waals surface area (Å²) in [6.45, 7) is 0. The topological polar surface area (TPSA) is 51.8 Å². The average molecular weight is 754 g/mol. The summed E-state index contributed by atoms with van der Waals surface area (Å²) >= 11 is 0. The first-order valence-corrected chi connectivity index (χ1v) is 19.8. The Morgan fingerprint density at radius 2 is 0.746 bits per heavy atom. The van der Waals surface area contributed by atoms with Gasteiger partial charge in [-0.05, 0) is 85.6 Å². The SMILES string of the molecule is c1ccc(-c2cccc(-c3ccc(-c4cccc5oc6cc(-c7nc(-c8ccccc8)nc(-c8ccc9c(-c%10ccccc%10)cccc9c8)n7)ccc6c45)cc3)c2)cc1. The second-order valence-electron chi connectivity index (χ2n) is 14.8. The zero-order valence-corrected chi connectivity index (χ0v) is 32.0. The first kappa shape index (κ1) is 34.3. The molecule has 11 rings (SSSR count). The molecule has 59 heavy (non-hydrogen) atoms. The van der Waals surface area contributed by atoms with Crippen molar-refractivity contribution in [2.75, 3.05) is 0 Å². The predicted octanol–water partition coefficient (Wildman–Crippen LogP) is 14.6. The molecule has 0 amide bonds. The highest BCUT2D eigenvalue weighted by molar-refractivity contribution is 6.13. The highest BCUT2D eigenvalue weighted by atomic mass is 16.3. The number of benzene rings is 9. The van der Waals surface area contributed by atoms with Crippen molar-refractivity contribution in [3.05, 3.63) is 212 Å². The van der Waals surface area contributed by atoms with Crippen molar-refractivity contribution in [1.29, 1.82) is 0 Å². The molecule has 0 aliphatic rings. The van der Waals surface area contributed by atoms with Gasteiger partial charge in [-0.1, -0.05) is 182 Å². The van der Waals surface area contributed by atoms with Gasteiger partial charge in [-0.25, -0.2) is 15.0 Å². The molecule has 0 spiro atoms. The summed E-state index contributed by atoms with van der Waals surface area (Å²) in [4.78, 5) is 15.2. The standard InChI is InChI=1S/C55H35N3O/c1-4-13-36(14-5-1)41-19-10-20-42(33-41)37-25-27-39(28-26-37)48-23-12-24-50-52(48)49-32-30-45(35-51(49)59-50)55-57-53(40-17-8-3-9-18-40)56-54(58-55)44-29-31-47-43(34-44)21-11-22-46(47)38-15-6-2-7-16-38/h1-35H. The molecule has 276 valence electrons. The van der Waals surface area contributed by atoms with Gasteiger partial charge in [0.15, 0.2) is 17.5 Å². The molecule has 0 atom stereocenters. The normalized spacial score (nSPS) is 11.4. The van der Waals surface area contributed by atoms with Crippen LogP contribution in [0.15, 0.2) is 217 Å².